The molecule has 1 N–H and O–H groups in total. The second-order valence-electron chi connectivity index (χ2n) is 2.68. The average Bonchev–Trinajstić information content (AvgIpc) is 2.18. The maximum atomic E-state index is 11.5. The van der Waals surface area contributed by atoms with E-state index in [0.717, 1.165) is 4.90 Å². The number of hydrogen-bond donors (Lipinski definition) is 1. The third kappa shape index (κ3) is 2.73. The maximum Gasteiger partial charge on any atom is 0.240 e. The zero-order valence-corrected chi connectivity index (χ0v) is 9.78. The zero-order chi connectivity index (χ0) is 10.6. The van der Waals surface area contributed by atoms with Gasteiger partial charge in [-0.1, -0.05) is 6.92 Å². The van der Waals surface area contributed by atoms with Crippen molar-refractivity contribution in [3.05, 3.63) is 24.3 Å². The van der Waals surface area contributed by atoms with Crippen molar-refractivity contribution >= 4 is 21.8 Å². The van der Waals surface area contributed by atoms with Crippen molar-refractivity contribution in [1.82, 2.24) is 4.72 Å². The normalized spacial score (nSPS) is 11.6. The smallest absolute Gasteiger partial charge is 0.211 e. The molecule has 0 aliphatic heterocycles. The first-order valence-corrected chi connectivity index (χ1v) is 6.94. The van der Waals surface area contributed by atoms with Crippen LogP contribution in [-0.2, 0) is 10.0 Å². The van der Waals surface area contributed by atoms with Crippen molar-refractivity contribution in [2.45, 2.75) is 16.7 Å². The van der Waals surface area contributed by atoms with Crippen LogP contribution in [-0.4, -0.2) is 21.2 Å². The summed E-state index contributed by atoms with van der Waals surface area (Å²) >= 11 is 1.59. The van der Waals surface area contributed by atoms with Crippen LogP contribution < -0.4 is 4.72 Å². The Kier molecular flexibility index (Phi) is 3.97. The molecular formula is C9H13NO2S2. The molecule has 1 aromatic rings. The molecule has 0 aliphatic carbocycles. The van der Waals surface area contributed by atoms with E-state index < -0.39 is 10.0 Å². The highest BCUT2D eigenvalue weighted by Crippen LogP contribution is 2.17. The Morgan fingerprint density at radius 2 is 1.86 bits per heavy atom. The summed E-state index contributed by atoms with van der Waals surface area (Å²) in [6.45, 7) is 2.17. The first kappa shape index (κ1) is 11.6. The quantitative estimate of drug-likeness (QED) is 0.802. The molecule has 0 atom stereocenters. The van der Waals surface area contributed by atoms with Crippen LogP contribution in [0.3, 0.4) is 0 Å². The first-order chi connectivity index (χ1) is 6.60. The van der Waals surface area contributed by atoms with Crippen molar-refractivity contribution < 1.29 is 8.42 Å². The monoisotopic (exact) mass is 231 g/mol. The van der Waals surface area contributed by atoms with E-state index in [1.165, 1.54) is 0 Å². The Balaban J connectivity index is 2.97. The number of nitrogens with one attached hydrogen (secondary N) is 1. The van der Waals surface area contributed by atoms with E-state index in [0.29, 0.717) is 11.4 Å². The fourth-order valence-corrected chi connectivity index (χ4v) is 2.48. The van der Waals surface area contributed by atoms with Crippen LogP contribution in [0, 0.1) is 0 Å². The fourth-order valence-electron chi connectivity index (χ4n) is 1.03. The van der Waals surface area contributed by atoms with E-state index in [1.54, 1.807) is 43.0 Å². The van der Waals surface area contributed by atoms with Gasteiger partial charge in [0, 0.05) is 11.4 Å². The Hall–Kier alpha value is -0.520. The second kappa shape index (κ2) is 4.82. The topological polar surface area (TPSA) is 46.2 Å². The Morgan fingerprint density at radius 3 is 2.29 bits per heavy atom. The molecule has 0 heterocycles. The summed E-state index contributed by atoms with van der Waals surface area (Å²) in [4.78, 5) is 1.37. The van der Waals surface area contributed by atoms with Gasteiger partial charge in [0.2, 0.25) is 10.0 Å². The third-order valence-corrected chi connectivity index (χ3v) is 4.01. The molecule has 3 nitrogen and oxygen atoms in total. The van der Waals surface area contributed by atoms with Crippen molar-refractivity contribution in [3.63, 3.8) is 0 Å². The second-order valence-corrected chi connectivity index (χ2v) is 5.32. The van der Waals surface area contributed by atoms with Crippen LogP contribution in [0.4, 0.5) is 0 Å². The molecule has 0 spiro atoms. The molecule has 0 saturated carbocycles. The van der Waals surface area contributed by atoms with Gasteiger partial charge in [-0.05, 0) is 30.5 Å². The molecule has 0 saturated heterocycles. The molecule has 14 heavy (non-hydrogen) atoms. The molecule has 0 bridgehead atoms. The molecule has 0 fully saturated rings. The summed E-state index contributed by atoms with van der Waals surface area (Å²) in [5.74, 6) is 0. The lowest BCUT2D eigenvalue weighted by Crippen LogP contribution is -2.22. The summed E-state index contributed by atoms with van der Waals surface area (Å²) in [7, 11) is -3.29. The van der Waals surface area contributed by atoms with E-state index in [1.807, 2.05) is 6.26 Å². The molecule has 0 aliphatic rings. The number of benzene rings is 1. The van der Waals surface area contributed by atoms with E-state index in [9.17, 15) is 8.42 Å². The van der Waals surface area contributed by atoms with Gasteiger partial charge in [0.25, 0.3) is 0 Å². The third-order valence-electron chi connectivity index (χ3n) is 1.70. The standard InChI is InChI=1S/C9H13NO2S2/c1-3-10-14(11,12)9-6-4-8(13-2)5-7-9/h4-7,10H,3H2,1-2H3. The largest absolute Gasteiger partial charge is 0.240 e. The number of hydrogen-bond acceptors (Lipinski definition) is 3. The minimum Gasteiger partial charge on any atom is -0.211 e. The fraction of sp³-hybridized carbons (Fsp3) is 0.333. The van der Waals surface area contributed by atoms with Crippen LogP contribution in [0.25, 0.3) is 0 Å². The van der Waals surface area contributed by atoms with Gasteiger partial charge in [-0.2, -0.15) is 0 Å². The predicted octanol–water partition coefficient (Wildman–Crippen LogP) is 1.71. The summed E-state index contributed by atoms with van der Waals surface area (Å²) in [5, 5.41) is 0. The van der Waals surface area contributed by atoms with Crippen LogP contribution >= 0.6 is 11.8 Å². The van der Waals surface area contributed by atoms with Crippen molar-refractivity contribution in [3.8, 4) is 0 Å². The SMILES string of the molecule is CCNS(=O)(=O)c1ccc(SC)cc1. The molecule has 0 aromatic heterocycles. The van der Waals surface area contributed by atoms with Gasteiger partial charge in [0.05, 0.1) is 4.90 Å². The van der Waals surface area contributed by atoms with Gasteiger partial charge in [0.15, 0.2) is 0 Å². The van der Waals surface area contributed by atoms with Crippen molar-refractivity contribution in [2.75, 3.05) is 12.8 Å². The highest BCUT2D eigenvalue weighted by molar-refractivity contribution is 7.98. The molecule has 1 aromatic carbocycles. The summed E-state index contributed by atoms with van der Waals surface area (Å²) in [5.41, 5.74) is 0. The van der Waals surface area contributed by atoms with Gasteiger partial charge >= 0.3 is 0 Å². The zero-order valence-electron chi connectivity index (χ0n) is 8.15. The summed E-state index contributed by atoms with van der Waals surface area (Å²) in [6.07, 6.45) is 1.95. The highest BCUT2D eigenvalue weighted by Gasteiger charge is 2.11. The summed E-state index contributed by atoms with van der Waals surface area (Å²) < 4.78 is 25.5. The number of rotatable bonds is 4. The molecule has 0 unspecified atom stereocenters. The van der Waals surface area contributed by atoms with E-state index in [-0.39, 0.29) is 0 Å². The van der Waals surface area contributed by atoms with Gasteiger partial charge in [-0.15, -0.1) is 11.8 Å². The molecular weight excluding hydrogens is 218 g/mol. The first-order valence-electron chi connectivity index (χ1n) is 4.24. The van der Waals surface area contributed by atoms with Gasteiger partial charge < -0.3 is 0 Å². The molecule has 5 heteroatoms. The van der Waals surface area contributed by atoms with Crippen LogP contribution in [0.5, 0.6) is 0 Å². The minimum atomic E-state index is -3.29. The molecule has 0 amide bonds. The van der Waals surface area contributed by atoms with Gasteiger partial charge in [0.1, 0.15) is 0 Å². The lowest BCUT2D eigenvalue weighted by molar-refractivity contribution is 0.584. The van der Waals surface area contributed by atoms with E-state index >= 15 is 0 Å². The molecule has 0 radical (unpaired) electrons. The lowest BCUT2D eigenvalue weighted by atomic mass is 10.4. The van der Waals surface area contributed by atoms with Crippen molar-refractivity contribution in [2.24, 2.45) is 0 Å². The average molecular weight is 231 g/mol. The molecule has 1 rings (SSSR count). The maximum absolute atomic E-state index is 11.5. The number of thioether (sulfide) groups is 1. The number of sulfonamides is 1. The Morgan fingerprint density at radius 1 is 1.29 bits per heavy atom. The lowest BCUT2D eigenvalue weighted by Gasteiger charge is -2.04. The van der Waals surface area contributed by atoms with E-state index in [4.69, 9.17) is 0 Å². The van der Waals surface area contributed by atoms with E-state index in [2.05, 4.69) is 4.72 Å². The highest BCUT2D eigenvalue weighted by atomic mass is 32.2. The van der Waals surface area contributed by atoms with Crippen LogP contribution in [0.15, 0.2) is 34.1 Å². The predicted molar refractivity (Wildman–Crippen MR) is 59.1 cm³/mol. The Bertz CT molecular complexity index is 384. The summed E-state index contributed by atoms with van der Waals surface area (Å²) in [6, 6.07) is 6.83. The van der Waals surface area contributed by atoms with Crippen molar-refractivity contribution in [1.29, 1.82) is 0 Å². The minimum absolute atomic E-state index is 0.317. The van der Waals surface area contributed by atoms with Gasteiger partial charge in [-0.25, -0.2) is 13.1 Å². The van der Waals surface area contributed by atoms with Crippen LogP contribution in [0.1, 0.15) is 6.92 Å². The van der Waals surface area contributed by atoms with Crippen LogP contribution in [0.2, 0.25) is 0 Å². The Labute approximate surface area is 89.0 Å². The molecule has 78 valence electrons. The van der Waals surface area contributed by atoms with Gasteiger partial charge in [-0.3, -0.25) is 0 Å².